The number of hydrogen-bond acceptors (Lipinski definition) is 3. The highest BCUT2D eigenvalue weighted by atomic mass is 35.5. The molecule has 2 N–H and O–H groups in total. The fourth-order valence-electron chi connectivity index (χ4n) is 3.77. The molecule has 0 aromatic heterocycles. The van der Waals surface area contributed by atoms with E-state index in [1.807, 2.05) is 25.1 Å². The molecule has 0 aliphatic carbocycles. The van der Waals surface area contributed by atoms with Crippen LogP contribution in [0.4, 0.5) is 5.69 Å². The molecule has 2 aromatic rings. The van der Waals surface area contributed by atoms with Crippen LogP contribution in [0.15, 0.2) is 42.5 Å². The highest BCUT2D eigenvalue weighted by Crippen LogP contribution is 2.35. The predicted molar refractivity (Wildman–Crippen MR) is 121 cm³/mol. The number of hydrogen-bond donors (Lipinski definition) is 2. The Hall–Kier alpha value is -2.08. The van der Waals surface area contributed by atoms with Crippen LogP contribution < -0.4 is 10.6 Å². The van der Waals surface area contributed by atoms with Crippen molar-refractivity contribution < 1.29 is 14.3 Å². The summed E-state index contributed by atoms with van der Waals surface area (Å²) in [4.78, 5) is 25.2. The van der Waals surface area contributed by atoms with Gasteiger partial charge in [0, 0.05) is 36.6 Å². The second-order valence-corrected chi connectivity index (χ2v) is 8.39. The number of carbonyl (C=O) groups is 2. The molecule has 0 spiro atoms. The summed E-state index contributed by atoms with van der Waals surface area (Å²) in [6, 6.07) is 13.2. The van der Waals surface area contributed by atoms with Crippen LogP contribution in [0.2, 0.25) is 10.0 Å². The minimum Gasteiger partial charge on any atom is -0.381 e. The summed E-state index contributed by atoms with van der Waals surface area (Å²) >= 11 is 12.4. The molecule has 160 valence electrons. The Labute approximate surface area is 187 Å². The third-order valence-electron chi connectivity index (χ3n) is 5.46. The molecule has 30 heavy (non-hydrogen) atoms. The number of halogens is 2. The summed E-state index contributed by atoms with van der Waals surface area (Å²) in [5.41, 5.74) is 1.52. The molecule has 1 fully saturated rings. The van der Waals surface area contributed by atoms with E-state index in [4.69, 9.17) is 27.9 Å². The van der Waals surface area contributed by atoms with Gasteiger partial charge in [-0.1, -0.05) is 60.5 Å². The van der Waals surface area contributed by atoms with E-state index < -0.39 is 0 Å². The number of amides is 2. The molecule has 1 saturated heterocycles. The highest BCUT2D eigenvalue weighted by molar-refractivity contribution is 6.38. The van der Waals surface area contributed by atoms with Crippen LogP contribution in [0.5, 0.6) is 0 Å². The van der Waals surface area contributed by atoms with E-state index >= 15 is 0 Å². The van der Waals surface area contributed by atoms with Gasteiger partial charge in [0.15, 0.2) is 0 Å². The van der Waals surface area contributed by atoms with Crippen LogP contribution in [-0.2, 0) is 14.9 Å². The lowest BCUT2D eigenvalue weighted by atomic mass is 9.74. The first-order valence-electron chi connectivity index (χ1n) is 10.2. The topological polar surface area (TPSA) is 67.4 Å². The van der Waals surface area contributed by atoms with E-state index in [2.05, 4.69) is 22.8 Å². The summed E-state index contributed by atoms with van der Waals surface area (Å²) in [5, 5.41) is 6.37. The highest BCUT2D eigenvalue weighted by Gasteiger charge is 2.35. The van der Waals surface area contributed by atoms with Crippen molar-refractivity contribution in [3.05, 3.63) is 63.6 Å². The van der Waals surface area contributed by atoms with Crippen molar-refractivity contribution in [1.29, 1.82) is 0 Å². The summed E-state index contributed by atoms with van der Waals surface area (Å²) in [6.45, 7) is 3.65. The van der Waals surface area contributed by atoms with Crippen LogP contribution in [-0.4, -0.2) is 31.6 Å². The third-order valence-corrected chi connectivity index (χ3v) is 5.98. The maximum absolute atomic E-state index is 13.1. The van der Waals surface area contributed by atoms with E-state index in [9.17, 15) is 9.59 Å². The molecule has 1 aliphatic heterocycles. The van der Waals surface area contributed by atoms with Crippen LogP contribution in [0.25, 0.3) is 0 Å². The second-order valence-electron chi connectivity index (χ2n) is 7.55. The van der Waals surface area contributed by atoms with Gasteiger partial charge in [0.2, 0.25) is 5.91 Å². The first kappa shape index (κ1) is 22.6. The van der Waals surface area contributed by atoms with Crippen LogP contribution in [0.3, 0.4) is 0 Å². The minimum atomic E-state index is -0.326. The molecule has 0 bridgehead atoms. The van der Waals surface area contributed by atoms with E-state index in [1.165, 1.54) is 17.7 Å². The fraction of sp³-hybridized carbons (Fsp3) is 0.391. The first-order chi connectivity index (χ1) is 14.4. The quantitative estimate of drug-likeness (QED) is 0.610. The molecular formula is C23H26Cl2N2O3. The van der Waals surface area contributed by atoms with Gasteiger partial charge in [0.05, 0.1) is 16.3 Å². The summed E-state index contributed by atoms with van der Waals surface area (Å²) in [5.74, 6) is -0.519. The van der Waals surface area contributed by atoms with Crippen molar-refractivity contribution in [3.63, 3.8) is 0 Å². The molecule has 0 atom stereocenters. The molecule has 2 amide bonds. The Balaban J connectivity index is 1.83. The Morgan fingerprint density at radius 3 is 2.47 bits per heavy atom. The Bertz CT molecular complexity index is 897. The van der Waals surface area contributed by atoms with E-state index in [-0.39, 0.29) is 33.5 Å². The largest absolute Gasteiger partial charge is 0.381 e. The number of anilines is 1. The molecule has 0 saturated carbocycles. The summed E-state index contributed by atoms with van der Waals surface area (Å²) in [6.07, 6.45) is 2.67. The maximum Gasteiger partial charge on any atom is 0.253 e. The lowest BCUT2D eigenvalue weighted by Gasteiger charge is -2.38. The number of ether oxygens (including phenoxy) is 1. The van der Waals surface area contributed by atoms with Crippen molar-refractivity contribution in [1.82, 2.24) is 5.32 Å². The monoisotopic (exact) mass is 448 g/mol. The van der Waals surface area contributed by atoms with Gasteiger partial charge in [-0.05, 0) is 37.0 Å². The SMILES string of the molecule is CCCC(=O)Nc1c(Cl)cc(Cl)cc1C(=O)NCC1(c2ccccc2)CCOCC1. The van der Waals surface area contributed by atoms with Gasteiger partial charge in [-0.15, -0.1) is 0 Å². The molecule has 0 unspecified atom stereocenters. The van der Waals surface area contributed by atoms with Crippen LogP contribution >= 0.6 is 23.2 Å². The summed E-state index contributed by atoms with van der Waals surface area (Å²) < 4.78 is 5.56. The number of benzene rings is 2. The lowest BCUT2D eigenvalue weighted by molar-refractivity contribution is -0.116. The Morgan fingerprint density at radius 2 is 1.80 bits per heavy atom. The summed E-state index contributed by atoms with van der Waals surface area (Å²) in [7, 11) is 0. The van der Waals surface area contributed by atoms with Crippen molar-refractivity contribution >= 4 is 40.7 Å². The van der Waals surface area contributed by atoms with Crippen LogP contribution in [0, 0.1) is 0 Å². The number of carbonyl (C=O) groups excluding carboxylic acids is 2. The zero-order valence-corrected chi connectivity index (χ0v) is 18.5. The molecular weight excluding hydrogens is 423 g/mol. The van der Waals surface area contributed by atoms with E-state index in [0.29, 0.717) is 37.6 Å². The van der Waals surface area contributed by atoms with Gasteiger partial charge in [0.25, 0.3) is 5.91 Å². The second kappa shape index (κ2) is 10.3. The Morgan fingerprint density at radius 1 is 1.10 bits per heavy atom. The zero-order chi connectivity index (χ0) is 21.6. The smallest absolute Gasteiger partial charge is 0.253 e. The molecule has 0 radical (unpaired) electrons. The average Bonchev–Trinajstić information content (AvgIpc) is 2.75. The van der Waals surface area contributed by atoms with Gasteiger partial charge in [-0.25, -0.2) is 0 Å². The molecule has 2 aromatic carbocycles. The van der Waals surface area contributed by atoms with Crippen molar-refractivity contribution in [3.8, 4) is 0 Å². The zero-order valence-electron chi connectivity index (χ0n) is 17.0. The van der Waals surface area contributed by atoms with Crippen molar-refractivity contribution in [2.75, 3.05) is 25.1 Å². The predicted octanol–water partition coefficient (Wildman–Crippen LogP) is 5.21. The van der Waals surface area contributed by atoms with Crippen LogP contribution in [0.1, 0.15) is 48.5 Å². The van der Waals surface area contributed by atoms with Gasteiger partial charge < -0.3 is 15.4 Å². The van der Waals surface area contributed by atoms with E-state index in [1.54, 1.807) is 0 Å². The lowest BCUT2D eigenvalue weighted by Crippen LogP contribution is -2.44. The average molecular weight is 449 g/mol. The third kappa shape index (κ3) is 5.34. The normalized spacial score (nSPS) is 15.4. The molecule has 5 nitrogen and oxygen atoms in total. The Kier molecular flexibility index (Phi) is 7.75. The van der Waals surface area contributed by atoms with Crippen molar-refractivity contribution in [2.45, 2.75) is 38.0 Å². The van der Waals surface area contributed by atoms with Gasteiger partial charge >= 0.3 is 0 Å². The van der Waals surface area contributed by atoms with Gasteiger partial charge in [-0.3, -0.25) is 9.59 Å². The molecule has 3 rings (SSSR count). The standard InChI is InChI=1S/C23H26Cl2N2O3/c1-2-6-20(28)27-21-18(13-17(24)14-19(21)25)22(29)26-15-23(9-11-30-12-10-23)16-7-4-3-5-8-16/h3-5,7-8,13-14H,2,6,9-12,15H2,1H3,(H,26,29)(H,27,28). The van der Waals surface area contributed by atoms with Gasteiger partial charge in [0.1, 0.15) is 0 Å². The minimum absolute atomic E-state index is 0.194. The first-order valence-corrected chi connectivity index (χ1v) is 10.9. The van der Waals surface area contributed by atoms with Crippen molar-refractivity contribution in [2.24, 2.45) is 0 Å². The number of rotatable bonds is 7. The fourth-order valence-corrected chi connectivity index (χ4v) is 4.32. The molecule has 1 heterocycles. The maximum atomic E-state index is 13.1. The molecule has 7 heteroatoms. The number of nitrogens with one attached hydrogen (secondary N) is 2. The van der Waals surface area contributed by atoms with E-state index in [0.717, 1.165) is 12.8 Å². The van der Waals surface area contributed by atoms with Gasteiger partial charge in [-0.2, -0.15) is 0 Å². The molecule has 1 aliphatic rings.